The van der Waals surface area contributed by atoms with Gasteiger partial charge in [-0.1, -0.05) is 30.3 Å². The Morgan fingerprint density at radius 2 is 1.97 bits per heavy atom. The molecule has 1 N–H and O–H groups in total. The lowest BCUT2D eigenvalue weighted by Gasteiger charge is -2.10. The molecule has 6 heteroatoms. The van der Waals surface area contributed by atoms with Crippen LogP contribution in [-0.4, -0.2) is 5.91 Å². The topological polar surface area (TPSA) is 62.1 Å². The summed E-state index contributed by atoms with van der Waals surface area (Å²) in [6.45, 7) is 4.08. The van der Waals surface area contributed by atoms with Gasteiger partial charge in [0.15, 0.2) is 0 Å². The third-order valence-corrected chi connectivity index (χ3v) is 5.40. The third-order valence-electron chi connectivity index (χ3n) is 4.56. The van der Waals surface area contributed by atoms with Crippen LogP contribution in [0.1, 0.15) is 22.3 Å². The Kier molecular flexibility index (Phi) is 7.42. The number of ether oxygens (including phenoxy) is 1. The highest BCUT2D eigenvalue weighted by Gasteiger charge is 2.12. The fourth-order valence-corrected chi connectivity index (χ4v) is 3.58. The molecular weight excluding hydrogens is 506 g/mol. The van der Waals surface area contributed by atoms with Crippen LogP contribution in [0.5, 0.6) is 5.75 Å². The van der Waals surface area contributed by atoms with Crippen LogP contribution in [0.2, 0.25) is 0 Å². The zero-order valence-corrected chi connectivity index (χ0v) is 19.2. The fourth-order valence-electron chi connectivity index (χ4n) is 2.89. The van der Waals surface area contributed by atoms with E-state index in [2.05, 4.69) is 27.9 Å². The lowest BCUT2D eigenvalue weighted by Crippen LogP contribution is -2.14. The van der Waals surface area contributed by atoms with Gasteiger partial charge in [0.05, 0.1) is 3.57 Å². The van der Waals surface area contributed by atoms with E-state index in [-0.39, 0.29) is 18.0 Å². The number of hydrogen-bond acceptors (Lipinski definition) is 3. The van der Waals surface area contributed by atoms with Gasteiger partial charge in [-0.15, -0.1) is 0 Å². The van der Waals surface area contributed by atoms with Crippen molar-refractivity contribution < 1.29 is 13.9 Å². The molecule has 0 fully saturated rings. The normalized spacial score (nSPS) is 11.0. The molecule has 0 saturated heterocycles. The maximum absolute atomic E-state index is 13.3. The molecule has 0 unspecified atom stereocenters. The monoisotopic (exact) mass is 526 g/mol. The van der Waals surface area contributed by atoms with Crippen molar-refractivity contribution in [2.75, 3.05) is 5.32 Å². The van der Waals surface area contributed by atoms with Gasteiger partial charge in [0, 0.05) is 5.69 Å². The van der Waals surface area contributed by atoms with Gasteiger partial charge in [0.25, 0.3) is 5.91 Å². The Hall–Kier alpha value is -3.18. The molecule has 31 heavy (non-hydrogen) atoms. The largest absolute Gasteiger partial charge is 0.488 e. The van der Waals surface area contributed by atoms with Gasteiger partial charge >= 0.3 is 0 Å². The third kappa shape index (κ3) is 6.15. The maximum Gasteiger partial charge on any atom is 0.266 e. The minimum atomic E-state index is -0.461. The molecule has 3 aromatic rings. The number of carbonyl (C=O) groups excluding carboxylic acids is 1. The van der Waals surface area contributed by atoms with E-state index in [1.165, 1.54) is 12.1 Å². The van der Waals surface area contributed by atoms with Crippen LogP contribution in [0, 0.1) is 34.6 Å². The van der Waals surface area contributed by atoms with Crippen molar-refractivity contribution in [1.29, 1.82) is 5.26 Å². The van der Waals surface area contributed by atoms with E-state index in [0.717, 1.165) is 20.3 Å². The van der Waals surface area contributed by atoms with Gasteiger partial charge in [-0.3, -0.25) is 4.79 Å². The number of amides is 1. The number of halogens is 2. The number of anilines is 1. The Bertz CT molecular complexity index is 1200. The molecular formula is C25H20FIN2O2. The predicted octanol–water partition coefficient (Wildman–Crippen LogP) is 6.17. The summed E-state index contributed by atoms with van der Waals surface area (Å²) in [6, 6.07) is 19.3. The zero-order valence-electron chi connectivity index (χ0n) is 17.1. The molecule has 1 amide bonds. The molecule has 4 nitrogen and oxygen atoms in total. The highest BCUT2D eigenvalue weighted by molar-refractivity contribution is 14.1. The molecule has 0 aliphatic carbocycles. The number of nitrogens with zero attached hydrogens (tertiary/aromatic N) is 1. The Labute approximate surface area is 194 Å². The number of carbonyl (C=O) groups is 1. The molecule has 0 saturated carbocycles. The van der Waals surface area contributed by atoms with Crippen molar-refractivity contribution in [1.82, 2.24) is 0 Å². The molecule has 0 aromatic heterocycles. The molecule has 0 atom stereocenters. The first-order valence-electron chi connectivity index (χ1n) is 9.53. The van der Waals surface area contributed by atoms with E-state index in [9.17, 15) is 14.4 Å². The van der Waals surface area contributed by atoms with E-state index in [1.54, 1.807) is 30.3 Å². The molecule has 0 aliphatic heterocycles. The van der Waals surface area contributed by atoms with E-state index in [1.807, 2.05) is 44.2 Å². The second-order valence-corrected chi connectivity index (χ2v) is 8.21. The van der Waals surface area contributed by atoms with Crippen molar-refractivity contribution in [3.63, 3.8) is 0 Å². The number of hydrogen-bond donors (Lipinski definition) is 1. The van der Waals surface area contributed by atoms with E-state index < -0.39 is 5.91 Å². The molecule has 0 aliphatic rings. The van der Waals surface area contributed by atoms with Crippen LogP contribution in [0.3, 0.4) is 0 Å². The van der Waals surface area contributed by atoms with Gasteiger partial charge in [0.2, 0.25) is 0 Å². The van der Waals surface area contributed by atoms with E-state index >= 15 is 0 Å². The molecule has 0 heterocycles. The molecule has 3 aromatic carbocycles. The SMILES string of the molecule is Cc1ccc(C)c(NC(=O)/C(C#N)=C/c2ccc(OCc3cccc(F)c3)c(I)c2)c1. The van der Waals surface area contributed by atoms with Crippen molar-refractivity contribution in [2.24, 2.45) is 0 Å². The predicted molar refractivity (Wildman–Crippen MR) is 128 cm³/mol. The quantitative estimate of drug-likeness (QED) is 0.237. The molecule has 0 spiro atoms. The van der Waals surface area contributed by atoms with Gasteiger partial charge in [-0.25, -0.2) is 4.39 Å². The second-order valence-electron chi connectivity index (χ2n) is 7.05. The van der Waals surface area contributed by atoms with Gasteiger partial charge < -0.3 is 10.1 Å². The van der Waals surface area contributed by atoms with Crippen LogP contribution in [0.4, 0.5) is 10.1 Å². The minimum absolute atomic E-state index is 0.00475. The minimum Gasteiger partial charge on any atom is -0.488 e. The first-order valence-corrected chi connectivity index (χ1v) is 10.6. The summed E-state index contributed by atoms with van der Waals surface area (Å²) >= 11 is 2.13. The van der Waals surface area contributed by atoms with Crippen LogP contribution in [0.15, 0.2) is 66.2 Å². The highest BCUT2D eigenvalue weighted by atomic mass is 127. The van der Waals surface area contributed by atoms with Crippen molar-refractivity contribution in [2.45, 2.75) is 20.5 Å². The van der Waals surface area contributed by atoms with Crippen LogP contribution >= 0.6 is 22.6 Å². The van der Waals surface area contributed by atoms with Crippen LogP contribution in [0.25, 0.3) is 6.08 Å². The number of aryl methyl sites for hydroxylation is 2. The van der Waals surface area contributed by atoms with Crippen molar-refractivity contribution >= 4 is 40.3 Å². The highest BCUT2D eigenvalue weighted by Crippen LogP contribution is 2.25. The van der Waals surface area contributed by atoms with Crippen molar-refractivity contribution in [3.8, 4) is 11.8 Å². The summed E-state index contributed by atoms with van der Waals surface area (Å²) in [4.78, 5) is 12.6. The van der Waals surface area contributed by atoms with Crippen LogP contribution in [-0.2, 0) is 11.4 Å². The Morgan fingerprint density at radius 1 is 1.16 bits per heavy atom. The van der Waals surface area contributed by atoms with Crippen molar-refractivity contribution in [3.05, 3.63) is 97.9 Å². The summed E-state index contributed by atoms with van der Waals surface area (Å²) in [5, 5.41) is 12.3. The lowest BCUT2D eigenvalue weighted by molar-refractivity contribution is -0.112. The molecule has 0 radical (unpaired) electrons. The average Bonchev–Trinajstić information content (AvgIpc) is 2.74. The van der Waals surface area contributed by atoms with Gasteiger partial charge in [-0.05, 0) is 95.1 Å². The second kappa shape index (κ2) is 10.2. The Balaban J connectivity index is 1.73. The van der Waals surface area contributed by atoms with Gasteiger partial charge in [-0.2, -0.15) is 5.26 Å². The first kappa shape index (κ1) is 22.5. The number of nitriles is 1. The number of benzene rings is 3. The van der Waals surface area contributed by atoms with E-state index in [4.69, 9.17) is 4.74 Å². The maximum atomic E-state index is 13.3. The smallest absolute Gasteiger partial charge is 0.266 e. The summed E-state index contributed by atoms with van der Waals surface area (Å²) < 4.78 is 19.9. The zero-order chi connectivity index (χ0) is 22.4. The number of rotatable bonds is 6. The standard InChI is InChI=1S/C25H20FIN2O2/c1-16-6-7-17(2)23(10-16)29-25(30)20(14-28)11-18-8-9-24(22(27)13-18)31-15-19-4-3-5-21(26)12-19/h3-13H,15H2,1-2H3,(H,29,30)/b20-11+. The Morgan fingerprint density at radius 3 is 2.68 bits per heavy atom. The summed E-state index contributed by atoms with van der Waals surface area (Å²) in [5.41, 5.74) is 4.06. The lowest BCUT2D eigenvalue weighted by atomic mass is 10.1. The van der Waals surface area contributed by atoms with Gasteiger partial charge in [0.1, 0.15) is 29.8 Å². The fraction of sp³-hybridized carbons (Fsp3) is 0.120. The molecule has 156 valence electrons. The van der Waals surface area contributed by atoms with Crippen LogP contribution < -0.4 is 10.1 Å². The summed E-state index contributed by atoms with van der Waals surface area (Å²) in [5.74, 6) is -0.127. The molecule has 3 rings (SSSR count). The summed E-state index contributed by atoms with van der Waals surface area (Å²) in [7, 11) is 0. The summed E-state index contributed by atoms with van der Waals surface area (Å²) in [6.07, 6.45) is 1.54. The van der Waals surface area contributed by atoms with E-state index in [0.29, 0.717) is 17.0 Å². The average molecular weight is 526 g/mol. The first-order chi connectivity index (χ1) is 14.9. The molecule has 0 bridgehead atoms. The number of nitrogens with one attached hydrogen (secondary N) is 1.